The van der Waals surface area contributed by atoms with Crippen LogP contribution in [0.4, 0.5) is 5.69 Å². The first-order chi connectivity index (χ1) is 14.8. The van der Waals surface area contributed by atoms with Gasteiger partial charge in [-0.2, -0.15) is 0 Å². The second-order valence-electron chi connectivity index (χ2n) is 7.12. The van der Waals surface area contributed by atoms with Crippen LogP contribution in [0.2, 0.25) is 10.0 Å². The molecule has 0 fully saturated rings. The third-order valence-electron chi connectivity index (χ3n) is 4.77. The molecule has 1 atom stereocenters. The lowest BCUT2D eigenvalue weighted by Crippen LogP contribution is -2.35. The fourth-order valence-corrected chi connectivity index (χ4v) is 3.30. The number of carbonyl (C=O) groups excluding carboxylic acids is 2. The number of rotatable bonds is 7. The van der Waals surface area contributed by atoms with Crippen molar-refractivity contribution in [3.8, 4) is 0 Å². The minimum absolute atomic E-state index is 0.0813. The van der Waals surface area contributed by atoms with Crippen molar-refractivity contribution in [3.63, 3.8) is 0 Å². The van der Waals surface area contributed by atoms with Gasteiger partial charge in [-0.3, -0.25) is 14.6 Å². The summed E-state index contributed by atoms with van der Waals surface area (Å²) in [5, 5.41) is 3.67. The van der Waals surface area contributed by atoms with Crippen LogP contribution >= 0.6 is 23.2 Å². The summed E-state index contributed by atoms with van der Waals surface area (Å²) in [4.78, 5) is 30.4. The summed E-state index contributed by atoms with van der Waals surface area (Å²) in [5.74, 6) is -0.303. The molecule has 3 N–H and O–H groups in total. The van der Waals surface area contributed by atoms with Crippen LogP contribution in [-0.4, -0.2) is 35.3 Å². The molecule has 1 unspecified atom stereocenters. The average molecular weight is 457 g/mol. The van der Waals surface area contributed by atoms with Crippen LogP contribution in [0.15, 0.2) is 67.0 Å². The molecular formula is C23H22Cl2N4O2. The van der Waals surface area contributed by atoms with Gasteiger partial charge in [0.15, 0.2) is 0 Å². The Morgan fingerprint density at radius 3 is 2.35 bits per heavy atom. The smallest absolute Gasteiger partial charge is 0.255 e. The van der Waals surface area contributed by atoms with E-state index in [0.29, 0.717) is 27.8 Å². The van der Waals surface area contributed by atoms with Crippen molar-refractivity contribution in [1.82, 2.24) is 9.88 Å². The second-order valence-corrected chi connectivity index (χ2v) is 7.93. The fraction of sp³-hybridized carbons (Fsp3) is 0.174. The lowest BCUT2D eigenvalue weighted by Gasteiger charge is -2.22. The maximum Gasteiger partial charge on any atom is 0.255 e. The number of likely N-dealkylation sites (N-methyl/N-ethyl adjacent to an activating group) is 1. The monoisotopic (exact) mass is 456 g/mol. The minimum Gasteiger partial charge on any atom is -0.344 e. The summed E-state index contributed by atoms with van der Waals surface area (Å²) < 4.78 is 0. The third-order valence-corrected chi connectivity index (χ3v) is 5.51. The average Bonchev–Trinajstić information content (AvgIpc) is 2.77. The first-order valence-corrected chi connectivity index (χ1v) is 10.3. The van der Waals surface area contributed by atoms with E-state index in [9.17, 15) is 9.59 Å². The number of benzene rings is 2. The molecule has 0 aliphatic rings. The Balaban J connectivity index is 1.56. The van der Waals surface area contributed by atoms with Crippen molar-refractivity contribution in [2.75, 3.05) is 18.9 Å². The molecule has 0 saturated heterocycles. The molecule has 160 valence electrons. The molecule has 6 nitrogen and oxygen atoms in total. The molecule has 0 spiro atoms. The van der Waals surface area contributed by atoms with Gasteiger partial charge in [0.2, 0.25) is 5.91 Å². The summed E-state index contributed by atoms with van der Waals surface area (Å²) in [5.41, 5.74) is 9.07. The van der Waals surface area contributed by atoms with Crippen molar-refractivity contribution < 1.29 is 9.59 Å². The molecule has 0 aliphatic carbocycles. The van der Waals surface area contributed by atoms with E-state index in [1.54, 1.807) is 78.9 Å². The maximum absolute atomic E-state index is 12.5. The van der Waals surface area contributed by atoms with Crippen LogP contribution in [-0.2, 0) is 11.2 Å². The number of hydrogen-bond acceptors (Lipinski definition) is 4. The summed E-state index contributed by atoms with van der Waals surface area (Å²) in [6, 6.07) is 15.2. The zero-order chi connectivity index (χ0) is 22.4. The quantitative estimate of drug-likeness (QED) is 0.553. The van der Waals surface area contributed by atoms with Crippen molar-refractivity contribution in [3.05, 3.63) is 93.7 Å². The van der Waals surface area contributed by atoms with Gasteiger partial charge in [0.05, 0.1) is 16.5 Å². The van der Waals surface area contributed by atoms with E-state index in [4.69, 9.17) is 28.9 Å². The van der Waals surface area contributed by atoms with E-state index in [1.165, 1.54) is 0 Å². The van der Waals surface area contributed by atoms with Crippen molar-refractivity contribution in [2.45, 2.75) is 12.5 Å². The molecule has 0 radical (unpaired) electrons. The highest BCUT2D eigenvalue weighted by molar-refractivity contribution is 6.42. The number of aromatic nitrogens is 1. The van der Waals surface area contributed by atoms with Crippen LogP contribution in [0.3, 0.4) is 0 Å². The lowest BCUT2D eigenvalue weighted by molar-refractivity contribution is -0.129. The minimum atomic E-state index is -0.389. The van der Waals surface area contributed by atoms with Crippen LogP contribution in [0, 0.1) is 0 Å². The Morgan fingerprint density at radius 2 is 1.71 bits per heavy atom. The number of anilines is 1. The Kier molecular flexibility index (Phi) is 7.63. The van der Waals surface area contributed by atoms with Gasteiger partial charge in [0, 0.05) is 43.3 Å². The summed E-state index contributed by atoms with van der Waals surface area (Å²) >= 11 is 11.9. The zero-order valence-corrected chi connectivity index (χ0v) is 18.4. The number of halogens is 2. The molecule has 0 bridgehead atoms. The van der Waals surface area contributed by atoms with Gasteiger partial charge < -0.3 is 16.0 Å². The standard InChI is InChI=1S/C23H22Cl2N4O2/c1-29(22(30)13-15-2-7-19(24)20(25)12-15)14-21(26)16-3-5-17(6-4-16)23(31)28-18-8-10-27-11-9-18/h2-12,21H,13-14,26H2,1H3,(H,27,28,31). The Morgan fingerprint density at radius 1 is 1.03 bits per heavy atom. The Hall–Kier alpha value is -2.93. The molecule has 0 saturated carbocycles. The van der Waals surface area contributed by atoms with Gasteiger partial charge in [-0.15, -0.1) is 0 Å². The second kappa shape index (κ2) is 10.4. The molecule has 3 rings (SSSR count). The SMILES string of the molecule is CN(CC(N)c1ccc(C(=O)Nc2ccncc2)cc1)C(=O)Cc1ccc(Cl)c(Cl)c1. The molecule has 2 aromatic carbocycles. The predicted octanol–water partition coefficient (Wildman–Crippen LogP) is 4.34. The van der Waals surface area contributed by atoms with Crippen LogP contribution in [0.25, 0.3) is 0 Å². The van der Waals surface area contributed by atoms with Gasteiger partial charge in [-0.1, -0.05) is 41.4 Å². The van der Waals surface area contributed by atoms with Gasteiger partial charge in [0.1, 0.15) is 0 Å². The van der Waals surface area contributed by atoms with E-state index < -0.39 is 0 Å². The highest BCUT2D eigenvalue weighted by Gasteiger charge is 2.16. The topological polar surface area (TPSA) is 88.3 Å². The Labute approximate surface area is 191 Å². The number of pyridine rings is 1. The molecule has 3 aromatic rings. The normalized spacial score (nSPS) is 11.6. The van der Waals surface area contributed by atoms with E-state index in [-0.39, 0.29) is 24.3 Å². The summed E-state index contributed by atoms with van der Waals surface area (Å²) in [6.45, 7) is 0.336. The van der Waals surface area contributed by atoms with Gasteiger partial charge in [0.25, 0.3) is 5.91 Å². The summed E-state index contributed by atoms with van der Waals surface area (Å²) in [6.07, 6.45) is 3.42. The summed E-state index contributed by atoms with van der Waals surface area (Å²) in [7, 11) is 1.70. The maximum atomic E-state index is 12.5. The highest BCUT2D eigenvalue weighted by atomic mass is 35.5. The van der Waals surface area contributed by atoms with Crippen LogP contribution in [0.5, 0.6) is 0 Å². The van der Waals surface area contributed by atoms with Gasteiger partial charge in [-0.05, 0) is 47.5 Å². The van der Waals surface area contributed by atoms with E-state index >= 15 is 0 Å². The number of carbonyl (C=O) groups is 2. The van der Waals surface area contributed by atoms with E-state index in [1.807, 2.05) is 0 Å². The fourth-order valence-electron chi connectivity index (χ4n) is 2.98. The van der Waals surface area contributed by atoms with Crippen molar-refractivity contribution >= 4 is 40.7 Å². The van der Waals surface area contributed by atoms with E-state index in [0.717, 1.165) is 11.1 Å². The molecule has 8 heteroatoms. The largest absolute Gasteiger partial charge is 0.344 e. The highest BCUT2D eigenvalue weighted by Crippen LogP contribution is 2.23. The number of amides is 2. The van der Waals surface area contributed by atoms with Crippen molar-refractivity contribution in [2.24, 2.45) is 5.73 Å². The predicted molar refractivity (Wildman–Crippen MR) is 123 cm³/mol. The number of hydrogen-bond donors (Lipinski definition) is 2. The van der Waals surface area contributed by atoms with Gasteiger partial charge in [-0.25, -0.2) is 0 Å². The first-order valence-electron chi connectivity index (χ1n) is 9.58. The number of nitrogens with zero attached hydrogens (tertiary/aromatic N) is 2. The molecule has 1 aromatic heterocycles. The van der Waals surface area contributed by atoms with Crippen LogP contribution in [0.1, 0.15) is 27.5 Å². The molecule has 2 amide bonds. The molecule has 1 heterocycles. The van der Waals surface area contributed by atoms with Crippen molar-refractivity contribution in [1.29, 1.82) is 0 Å². The Bertz CT molecular complexity index is 1060. The van der Waals surface area contributed by atoms with Gasteiger partial charge >= 0.3 is 0 Å². The molecule has 31 heavy (non-hydrogen) atoms. The number of nitrogens with two attached hydrogens (primary N) is 1. The van der Waals surface area contributed by atoms with E-state index in [2.05, 4.69) is 10.3 Å². The lowest BCUT2D eigenvalue weighted by atomic mass is 10.0. The molecule has 0 aliphatic heterocycles. The third kappa shape index (κ3) is 6.28. The molecular weight excluding hydrogens is 435 g/mol. The number of nitrogens with one attached hydrogen (secondary N) is 1. The zero-order valence-electron chi connectivity index (χ0n) is 16.9. The van der Waals surface area contributed by atoms with Crippen LogP contribution < -0.4 is 11.1 Å². The first kappa shape index (κ1) is 22.7.